The number of nitrogens with zero attached hydrogens (tertiary/aromatic N) is 2. The van der Waals surface area contributed by atoms with Crippen LogP contribution < -0.4 is 20.9 Å². The molecule has 1 heterocycles. The number of urea groups is 1. The molecule has 220 valence electrons. The first-order chi connectivity index (χ1) is 20.0. The summed E-state index contributed by atoms with van der Waals surface area (Å²) in [4.78, 5) is 43.4. The molecule has 1 saturated heterocycles. The molecule has 3 fully saturated rings. The Morgan fingerprint density at radius 1 is 0.805 bits per heavy atom. The zero-order valence-corrected chi connectivity index (χ0v) is 23.8. The summed E-state index contributed by atoms with van der Waals surface area (Å²) in [5.41, 5.74) is 2.63. The maximum absolute atomic E-state index is 13.5. The smallest absolute Gasteiger partial charge is 0.317 e. The zero-order chi connectivity index (χ0) is 28.6. The zero-order valence-electron chi connectivity index (χ0n) is 23.8. The predicted octanol–water partition coefficient (Wildman–Crippen LogP) is 5.44. The average molecular weight is 564 g/mol. The van der Waals surface area contributed by atoms with E-state index in [1.807, 2.05) is 17.0 Å². The van der Waals surface area contributed by atoms with Crippen molar-refractivity contribution in [2.24, 2.45) is 5.92 Å². The SMILES string of the molecule is O=C(NCc1ccc(F)cc1)c1cc(NC(=O)C2CCCC2)ccc1N1CCCN(C(=O)NC2CCCCC2)CC1. The summed E-state index contributed by atoms with van der Waals surface area (Å²) in [5.74, 6) is -0.572. The molecule has 5 rings (SSSR count). The van der Waals surface area contributed by atoms with Crippen LogP contribution in [0.4, 0.5) is 20.6 Å². The normalized spacial score (nSPS) is 18.6. The van der Waals surface area contributed by atoms with Crippen molar-refractivity contribution in [2.45, 2.75) is 76.8 Å². The highest BCUT2D eigenvalue weighted by atomic mass is 19.1. The number of rotatable bonds is 7. The van der Waals surface area contributed by atoms with Gasteiger partial charge in [0.15, 0.2) is 0 Å². The molecule has 0 atom stereocenters. The number of halogens is 1. The van der Waals surface area contributed by atoms with Crippen LogP contribution in [0.3, 0.4) is 0 Å². The number of amides is 4. The van der Waals surface area contributed by atoms with Crippen LogP contribution in [-0.4, -0.2) is 55.0 Å². The molecule has 9 heteroatoms. The Bertz CT molecular complexity index is 1210. The molecule has 2 aliphatic carbocycles. The minimum absolute atomic E-state index is 0.000914. The minimum Gasteiger partial charge on any atom is -0.369 e. The van der Waals surface area contributed by atoms with E-state index in [1.165, 1.54) is 31.4 Å². The summed E-state index contributed by atoms with van der Waals surface area (Å²) in [6.07, 6.45) is 10.4. The van der Waals surface area contributed by atoms with E-state index >= 15 is 0 Å². The van der Waals surface area contributed by atoms with Gasteiger partial charge in [0.2, 0.25) is 5.91 Å². The maximum atomic E-state index is 13.5. The molecule has 2 aromatic carbocycles. The molecule has 0 unspecified atom stereocenters. The monoisotopic (exact) mass is 563 g/mol. The van der Waals surface area contributed by atoms with Gasteiger partial charge in [-0.2, -0.15) is 0 Å². The van der Waals surface area contributed by atoms with Crippen molar-refractivity contribution in [3.63, 3.8) is 0 Å². The van der Waals surface area contributed by atoms with Gasteiger partial charge in [0, 0.05) is 56.1 Å². The van der Waals surface area contributed by atoms with Crippen molar-refractivity contribution in [3.8, 4) is 0 Å². The summed E-state index contributed by atoms with van der Waals surface area (Å²) in [5, 5.41) is 9.21. The number of carbonyl (C=O) groups is 3. The Balaban J connectivity index is 1.29. The lowest BCUT2D eigenvalue weighted by Gasteiger charge is -2.28. The lowest BCUT2D eigenvalue weighted by molar-refractivity contribution is -0.119. The molecule has 0 bridgehead atoms. The largest absolute Gasteiger partial charge is 0.369 e. The fourth-order valence-corrected chi connectivity index (χ4v) is 6.26. The van der Waals surface area contributed by atoms with Crippen LogP contribution in [0, 0.1) is 11.7 Å². The number of benzene rings is 2. The molecular weight excluding hydrogens is 521 g/mol. The van der Waals surface area contributed by atoms with Gasteiger partial charge in [0.05, 0.1) is 5.56 Å². The number of hydrogen-bond donors (Lipinski definition) is 3. The van der Waals surface area contributed by atoms with E-state index in [9.17, 15) is 18.8 Å². The molecule has 3 aliphatic rings. The van der Waals surface area contributed by atoms with Crippen LogP contribution in [0.15, 0.2) is 42.5 Å². The van der Waals surface area contributed by atoms with Crippen LogP contribution in [0.25, 0.3) is 0 Å². The first-order valence-electron chi connectivity index (χ1n) is 15.2. The van der Waals surface area contributed by atoms with E-state index in [-0.39, 0.29) is 42.2 Å². The molecule has 0 radical (unpaired) electrons. The highest BCUT2D eigenvalue weighted by Crippen LogP contribution is 2.29. The molecule has 0 aromatic heterocycles. The van der Waals surface area contributed by atoms with Crippen molar-refractivity contribution in [1.82, 2.24) is 15.5 Å². The van der Waals surface area contributed by atoms with Gasteiger partial charge in [-0.15, -0.1) is 0 Å². The average Bonchev–Trinajstić information content (AvgIpc) is 3.42. The van der Waals surface area contributed by atoms with E-state index < -0.39 is 0 Å². The van der Waals surface area contributed by atoms with Gasteiger partial charge in [0.25, 0.3) is 5.91 Å². The number of anilines is 2. The standard InChI is InChI=1S/C32H42FN5O3/c33-25-13-11-23(12-14-25)22-34-31(40)28-21-27(35-30(39)24-7-4-5-8-24)15-16-29(28)37-17-6-18-38(20-19-37)32(41)36-26-9-2-1-3-10-26/h11-16,21,24,26H,1-10,17-20,22H2,(H,34,40)(H,35,39)(H,36,41). The quantitative estimate of drug-likeness (QED) is 0.418. The highest BCUT2D eigenvalue weighted by molar-refractivity contribution is 6.02. The Kier molecular flexibility index (Phi) is 9.75. The molecule has 3 N–H and O–H groups in total. The van der Waals surface area contributed by atoms with Gasteiger partial charge < -0.3 is 25.8 Å². The van der Waals surface area contributed by atoms with Crippen molar-refractivity contribution in [3.05, 3.63) is 59.4 Å². The Morgan fingerprint density at radius 3 is 2.29 bits per heavy atom. The molecule has 8 nitrogen and oxygen atoms in total. The second-order valence-electron chi connectivity index (χ2n) is 11.6. The Hall–Kier alpha value is -3.62. The topological polar surface area (TPSA) is 93.8 Å². The van der Waals surface area contributed by atoms with Crippen molar-refractivity contribution in [2.75, 3.05) is 36.4 Å². The minimum atomic E-state index is -0.323. The first kappa shape index (κ1) is 28.9. The third-order valence-corrected chi connectivity index (χ3v) is 8.66. The molecule has 1 aliphatic heterocycles. The van der Waals surface area contributed by atoms with E-state index in [0.29, 0.717) is 37.4 Å². The molecule has 2 saturated carbocycles. The van der Waals surface area contributed by atoms with Crippen LogP contribution in [-0.2, 0) is 11.3 Å². The number of nitrogens with one attached hydrogen (secondary N) is 3. The molecule has 4 amide bonds. The van der Waals surface area contributed by atoms with Gasteiger partial charge >= 0.3 is 6.03 Å². The summed E-state index contributed by atoms with van der Waals surface area (Å²) >= 11 is 0. The maximum Gasteiger partial charge on any atom is 0.317 e. The fourth-order valence-electron chi connectivity index (χ4n) is 6.26. The van der Waals surface area contributed by atoms with E-state index in [2.05, 4.69) is 20.9 Å². The van der Waals surface area contributed by atoms with Gasteiger partial charge in [-0.3, -0.25) is 9.59 Å². The van der Waals surface area contributed by atoms with Gasteiger partial charge in [-0.25, -0.2) is 9.18 Å². The molecule has 0 spiro atoms. The second kappa shape index (κ2) is 13.8. The third-order valence-electron chi connectivity index (χ3n) is 8.66. The lowest BCUT2D eigenvalue weighted by atomic mass is 9.96. The molecule has 41 heavy (non-hydrogen) atoms. The van der Waals surface area contributed by atoms with E-state index in [4.69, 9.17) is 0 Å². The van der Waals surface area contributed by atoms with Crippen molar-refractivity contribution < 1.29 is 18.8 Å². The summed E-state index contributed by atoms with van der Waals surface area (Å²) in [6, 6.07) is 11.8. The first-order valence-corrected chi connectivity index (χ1v) is 15.2. The molecule has 2 aromatic rings. The molecular formula is C32H42FN5O3. The van der Waals surface area contributed by atoms with E-state index in [0.717, 1.165) is 56.2 Å². The fraction of sp³-hybridized carbons (Fsp3) is 0.531. The Labute approximate surface area is 242 Å². The van der Waals surface area contributed by atoms with E-state index in [1.54, 1.807) is 18.2 Å². The second-order valence-corrected chi connectivity index (χ2v) is 11.6. The van der Waals surface area contributed by atoms with Crippen molar-refractivity contribution in [1.29, 1.82) is 0 Å². The summed E-state index contributed by atoms with van der Waals surface area (Å²) in [7, 11) is 0. The highest BCUT2D eigenvalue weighted by Gasteiger charge is 2.26. The van der Waals surface area contributed by atoms with Gasteiger partial charge in [-0.1, -0.05) is 44.2 Å². The van der Waals surface area contributed by atoms with Crippen LogP contribution in [0.5, 0.6) is 0 Å². The van der Waals surface area contributed by atoms with Gasteiger partial charge in [-0.05, 0) is 68.0 Å². The van der Waals surface area contributed by atoms with Crippen molar-refractivity contribution >= 4 is 29.2 Å². The predicted molar refractivity (Wildman–Crippen MR) is 158 cm³/mol. The summed E-state index contributed by atoms with van der Waals surface area (Å²) < 4.78 is 13.3. The number of carbonyl (C=O) groups excluding carboxylic acids is 3. The Morgan fingerprint density at radius 2 is 1.54 bits per heavy atom. The van der Waals surface area contributed by atoms with Gasteiger partial charge in [0.1, 0.15) is 5.82 Å². The van der Waals surface area contributed by atoms with Crippen LogP contribution >= 0.6 is 0 Å². The third kappa shape index (κ3) is 7.77. The number of hydrogen-bond acceptors (Lipinski definition) is 4. The summed E-state index contributed by atoms with van der Waals surface area (Å²) in [6.45, 7) is 2.79. The lowest BCUT2D eigenvalue weighted by Crippen LogP contribution is -2.46. The van der Waals surface area contributed by atoms with Crippen LogP contribution in [0.1, 0.15) is 80.1 Å². The van der Waals surface area contributed by atoms with Crippen LogP contribution in [0.2, 0.25) is 0 Å².